The van der Waals surface area contributed by atoms with Gasteiger partial charge in [0.25, 0.3) is 0 Å². The van der Waals surface area contributed by atoms with Gasteiger partial charge in [-0.25, -0.2) is 0 Å². The minimum atomic E-state index is 0.865. The molecule has 0 amide bonds. The molecule has 1 aliphatic rings. The molecular formula is C12H18N2. The molecule has 0 heterocycles. The topological polar surface area (TPSA) is 38.0 Å². The Morgan fingerprint density at radius 3 is 2.79 bits per heavy atom. The fraction of sp³-hybridized carbons (Fsp3) is 0.500. The van der Waals surface area contributed by atoms with Crippen LogP contribution in [0.25, 0.3) is 0 Å². The van der Waals surface area contributed by atoms with Gasteiger partial charge in [-0.1, -0.05) is 12.5 Å². The van der Waals surface area contributed by atoms with Gasteiger partial charge >= 0.3 is 0 Å². The van der Waals surface area contributed by atoms with Crippen LogP contribution in [0.1, 0.15) is 24.8 Å². The Kier molecular flexibility index (Phi) is 2.62. The van der Waals surface area contributed by atoms with Gasteiger partial charge in [0.2, 0.25) is 0 Å². The summed E-state index contributed by atoms with van der Waals surface area (Å²) in [6.07, 6.45) is 4.15. The molecule has 2 rings (SSSR count). The Labute approximate surface area is 85.5 Å². The van der Waals surface area contributed by atoms with Gasteiger partial charge in [-0.3, -0.25) is 0 Å². The largest absolute Gasteiger partial charge is 0.397 e. The highest BCUT2D eigenvalue weighted by Crippen LogP contribution is 2.27. The summed E-state index contributed by atoms with van der Waals surface area (Å²) in [6, 6.07) is 6.19. The van der Waals surface area contributed by atoms with Gasteiger partial charge in [0.05, 0.1) is 11.4 Å². The Balaban J connectivity index is 1.94. The number of aryl methyl sites for hydroxylation is 1. The van der Waals surface area contributed by atoms with Crippen LogP contribution in [0, 0.1) is 12.8 Å². The molecule has 14 heavy (non-hydrogen) atoms. The molecule has 0 radical (unpaired) electrons. The number of nitrogens with one attached hydrogen (secondary N) is 1. The van der Waals surface area contributed by atoms with Crippen LogP contribution in [0.5, 0.6) is 0 Å². The minimum Gasteiger partial charge on any atom is -0.397 e. The van der Waals surface area contributed by atoms with Crippen molar-refractivity contribution in [3.05, 3.63) is 23.8 Å². The van der Waals surface area contributed by atoms with Gasteiger partial charge in [0, 0.05) is 6.54 Å². The molecule has 0 atom stereocenters. The second kappa shape index (κ2) is 3.91. The molecule has 0 spiro atoms. The first kappa shape index (κ1) is 9.38. The van der Waals surface area contributed by atoms with E-state index >= 15 is 0 Å². The lowest BCUT2D eigenvalue weighted by Crippen LogP contribution is -2.21. The van der Waals surface area contributed by atoms with Crippen LogP contribution in [-0.2, 0) is 0 Å². The van der Waals surface area contributed by atoms with Crippen molar-refractivity contribution in [3.63, 3.8) is 0 Å². The monoisotopic (exact) mass is 190 g/mol. The summed E-state index contributed by atoms with van der Waals surface area (Å²) in [5, 5.41) is 3.42. The fourth-order valence-corrected chi connectivity index (χ4v) is 1.79. The summed E-state index contributed by atoms with van der Waals surface area (Å²) in [7, 11) is 0. The SMILES string of the molecule is Cc1ccc(NCC2CCC2)c(N)c1. The molecule has 1 aromatic rings. The smallest absolute Gasteiger partial charge is 0.0574 e. The molecule has 1 aromatic carbocycles. The van der Waals surface area contributed by atoms with Crippen LogP contribution in [0.2, 0.25) is 0 Å². The van der Waals surface area contributed by atoms with E-state index in [2.05, 4.69) is 24.4 Å². The Bertz CT molecular complexity index is 316. The first-order valence-corrected chi connectivity index (χ1v) is 5.36. The highest BCUT2D eigenvalue weighted by Gasteiger charge is 2.16. The molecule has 2 heteroatoms. The zero-order valence-corrected chi connectivity index (χ0v) is 8.72. The van der Waals surface area contributed by atoms with Crippen molar-refractivity contribution < 1.29 is 0 Å². The number of hydrogen-bond acceptors (Lipinski definition) is 2. The second-order valence-electron chi connectivity index (χ2n) is 4.27. The third kappa shape index (κ3) is 2.00. The summed E-state index contributed by atoms with van der Waals surface area (Å²) in [5.74, 6) is 0.871. The van der Waals surface area contributed by atoms with E-state index in [9.17, 15) is 0 Å². The van der Waals surface area contributed by atoms with E-state index in [4.69, 9.17) is 5.73 Å². The standard InChI is InChI=1S/C12H18N2/c1-9-5-6-12(11(13)7-9)14-8-10-3-2-4-10/h5-7,10,14H,2-4,8,13H2,1H3. The average Bonchev–Trinajstić information content (AvgIpc) is 2.05. The second-order valence-corrected chi connectivity index (χ2v) is 4.27. The zero-order chi connectivity index (χ0) is 9.97. The molecular weight excluding hydrogens is 172 g/mol. The van der Waals surface area contributed by atoms with Crippen molar-refractivity contribution >= 4 is 11.4 Å². The van der Waals surface area contributed by atoms with E-state index in [0.717, 1.165) is 23.8 Å². The molecule has 76 valence electrons. The predicted molar refractivity (Wildman–Crippen MR) is 61.4 cm³/mol. The molecule has 3 N–H and O–H groups in total. The summed E-state index contributed by atoms with van der Waals surface area (Å²) in [4.78, 5) is 0. The minimum absolute atomic E-state index is 0.865. The third-order valence-electron chi connectivity index (χ3n) is 3.01. The molecule has 2 nitrogen and oxygen atoms in total. The highest BCUT2D eigenvalue weighted by molar-refractivity contribution is 5.66. The lowest BCUT2D eigenvalue weighted by Gasteiger charge is -2.26. The van der Waals surface area contributed by atoms with Gasteiger partial charge in [0.1, 0.15) is 0 Å². The Morgan fingerprint density at radius 2 is 2.21 bits per heavy atom. The molecule has 1 fully saturated rings. The van der Waals surface area contributed by atoms with Gasteiger partial charge in [-0.2, -0.15) is 0 Å². The lowest BCUT2D eigenvalue weighted by atomic mass is 9.85. The molecule has 1 aliphatic carbocycles. The number of benzene rings is 1. The first-order chi connectivity index (χ1) is 6.75. The van der Waals surface area contributed by atoms with Gasteiger partial charge in [-0.05, 0) is 43.4 Å². The fourth-order valence-electron chi connectivity index (χ4n) is 1.79. The third-order valence-corrected chi connectivity index (χ3v) is 3.01. The molecule has 1 saturated carbocycles. The van der Waals surface area contributed by atoms with Crippen LogP contribution in [0.15, 0.2) is 18.2 Å². The van der Waals surface area contributed by atoms with Crippen LogP contribution >= 0.6 is 0 Å². The summed E-state index contributed by atoms with van der Waals surface area (Å²) in [5.41, 5.74) is 9.07. The van der Waals surface area contributed by atoms with E-state index in [-0.39, 0.29) is 0 Å². The Hall–Kier alpha value is -1.18. The van der Waals surface area contributed by atoms with Crippen molar-refractivity contribution in [2.75, 3.05) is 17.6 Å². The van der Waals surface area contributed by atoms with E-state index in [1.807, 2.05) is 6.07 Å². The number of rotatable bonds is 3. The van der Waals surface area contributed by atoms with Crippen molar-refractivity contribution in [2.45, 2.75) is 26.2 Å². The number of anilines is 2. The molecule has 0 bridgehead atoms. The summed E-state index contributed by atoms with van der Waals surface area (Å²) < 4.78 is 0. The van der Waals surface area contributed by atoms with Crippen molar-refractivity contribution in [1.82, 2.24) is 0 Å². The maximum absolute atomic E-state index is 5.90. The van der Waals surface area contributed by atoms with E-state index in [0.29, 0.717) is 0 Å². The van der Waals surface area contributed by atoms with Crippen molar-refractivity contribution in [2.24, 2.45) is 5.92 Å². The van der Waals surface area contributed by atoms with E-state index < -0.39 is 0 Å². The van der Waals surface area contributed by atoms with Crippen LogP contribution in [0.4, 0.5) is 11.4 Å². The molecule has 0 aromatic heterocycles. The summed E-state index contributed by atoms with van der Waals surface area (Å²) in [6.45, 7) is 3.14. The quantitative estimate of drug-likeness (QED) is 0.719. The number of nitrogens with two attached hydrogens (primary N) is 1. The van der Waals surface area contributed by atoms with E-state index in [1.165, 1.54) is 24.8 Å². The van der Waals surface area contributed by atoms with E-state index in [1.54, 1.807) is 0 Å². The zero-order valence-electron chi connectivity index (χ0n) is 8.72. The van der Waals surface area contributed by atoms with Gasteiger partial charge in [-0.15, -0.1) is 0 Å². The number of hydrogen-bond donors (Lipinski definition) is 2. The van der Waals surface area contributed by atoms with Crippen LogP contribution < -0.4 is 11.1 Å². The summed E-state index contributed by atoms with van der Waals surface area (Å²) >= 11 is 0. The normalized spacial score (nSPS) is 16.4. The predicted octanol–water partition coefficient (Wildman–Crippen LogP) is 2.79. The lowest BCUT2D eigenvalue weighted by molar-refractivity contribution is 0.333. The molecule has 0 aliphatic heterocycles. The number of nitrogen functional groups attached to an aromatic ring is 1. The average molecular weight is 190 g/mol. The first-order valence-electron chi connectivity index (χ1n) is 5.36. The molecule has 0 unspecified atom stereocenters. The highest BCUT2D eigenvalue weighted by atomic mass is 14.9. The van der Waals surface area contributed by atoms with Crippen molar-refractivity contribution in [3.8, 4) is 0 Å². The van der Waals surface area contributed by atoms with Crippen LogP contribution in [-0.4, -0.2) is 6.54 Å². The van der Waals surface area contributed by atoms with Crippen LogP contribution in [0.3, 0.4) is 0 Å². The maximum Gasteiger partial charge on any atom is 0.0574 e. The maximum atomic E-state index is 5.90. The molecule has 0 saturated heterocycles. The Morgan fingerprint density at radius 1 is 1.43 bits per heavy atom. The van der Waals surface area contributed by atoms with Crippen molar-refractivity contribution in [1.29, 1.82) is 0 Å². The van der Waals surface area contributed by atoms with Gasteiger partial charge in [0.15, 0.2) is 0 Å². The van der Waals surface area contributed by atoms with Gasteiger partial charge < -0.3 is 11.1 Å².